The van der Waals surface area contributed by atoms with Gasteiger partial charge in [0.2, 0.25) is 0 Å². The lowest BCUT2D eigenvalue weighted by atomic mass is 9.76. The Morgan fingerprint density at radius 2 is 1.75 bits per heavy atom. The van der Waals surface area contributed by atoms with Gasteiger partial charge >= 0.3 is 0 Å². The van der Waals surface area contributed by atoms with Crippen molar-refractivity contribution in [3.05, 3.63) is 52.5 Å². The van der Waals surface area contributed by atoms with Gasteiger partial charge in [0.1, 0.15) is 0 Å². The Balaban J connectivity index is 2.67. The summed E-state index contributed by atoms with van der Waals surface area (Å²) < 4.78 is 0. The lowest BCUT2D eigenvalue weighted by Crippen LogP contribution is -2.25. The van der Waals surface area contributed by atoms with E-state index >= 15 is 0 Å². The number of thioether (sulfide) groups is 1. The minimum atomic E-state index is 0.123. The van der Waals surface area contributed by atoms with Crippen molar-refractivity contribution in [3.63, 3.8) is 0 Å². The van der Waals surface area contributed by atoms with Crippen molar-refractivity contribution in [2.24, 2.45) is 0 Å². The molecule has 0 saturated heterocycles. The van der Waals surface area contributed by atoms with Crippen LogP contribution in [0.5, 0.6) is 0 Å². The Bertz CT molecular complexity index is 464. The highest BCUT2D eigenvalue weighted by molar-refractivity contribution is 8.03. The van der Waals surface area contributed by atoms with Gasteiger partial charge in [-0.05, 0) is 31.1 Å². The molecule has 1 aliphatic rings. The van der Waals surface area contributed by atoms with Gasteiger partial charge in [0.15, 0.2) is 0 Å². The molecule has 2 rings (SSSR count). The van der Waals surface area contributed by atoms with E-state index in [0.717, 1.165) is 0 Å². The van der Waals surface area contributed by atoms with Crippen molar-refractivity contribution in [1.29, 1.82) is 0 Å². The predicted octanol–water partition coefficient (Wildman–Crippen LogP) is 4.92. The first-order chi connectivity index (χ1) is 7.61. The zero-order valence-electron chi connectivity index (χ0n) is 10.4. The average molecular weight is 230 g/mol. The van der Waals surface area contributed by atoms with E-state index in [2.05, 4.69) is 64.1 Å². The highest BCUT2D eigenvalue weighted by Crippen LogP contribution is 2.50. The van der Waals surface area contributed by atoms with Gasteiger partial charge in [0.25, 0.3) is 0 Å². The Labute approximate surface area is 102 Å². The number of benzene rings is 1. The van der Waals surface area contributed by atoms with Crippen LogP contribution in [-0.2, 0) is 5.41 Å². The zero-order chi connectivity index (χ0) is 11.8. The molecule has 1 heteroatoms. The molecule has 0 spiro atoms. The average Bonchev–Trinajstić information content (AvgIpc) is 2.28. The standard InChI is InChI=1S/C15H18S/c1-5-11-13(6-2)16-14-10-8-7-9-12(14)15(11,3)4/h5-10H,1-4H3/b11-5+,13-6+. The lowest BCUT2D eigenvalue weighted by molar-refractivity contribution is 0.617. The van der Waals surface area contributed by atoms with E-state index in [9.17, 15) is 0 Å². The predicted molar refractivity (Wildman–Crippen MR) is 72.8 cm³/mol. The quantitative estimate of drug-likeness (QED) is 0.609. The van der Waals surface area contributed by atoms with E-state index < -0.39 is 0 Å². The molecule has 1 aromatic carbocycles. The molecule has 0 fully saturated rings. The van der Waals surface area contributed by atoms with E-state index in [1.54, 1.807) is 0 Å². The van der Waals surface area contributed by atoms with Crippen LogP contribution in [0.15, 0.2) is 51.8 Å². The van der Waals surface area contributed by atoms with Crippen LogP contribution in [0.2, 0.25) is 0 Å². The number of hydrogen-bond donors (Lipinski definition) is 0. The highest BCUT2D eigenvalue weighted by atomic mass is 32.2. The largest absolute Gasteiger partial charge is 0.0898 e. The van der Waals surface area contributed by atoms with Crippen LogP contribution >= 0.6 is 11.8 Å². The molecule has 0 aromatic heterocycles. The Kier molecular flexibility index (Phi) is 2.98. The fourth-order valence-electron chi connectivity index (χ4n) is 2.42. The first-order valence-electron chi connectivity index (χ1n) is 5.72. The molecule has 0 atom stereocenters. The summed E-state index contributed by atoms with van der Waals surface area (Å²) in [5, 5.41) is 0. The molecule has 84 valence electrons. The van der Waals surface area contributed by atoms with Crippen molar-refractivity contribution in [2.45, 2.75) is 38.0 Å². The SMILES string of the molecule is C/C=C1\C(=C/C)Sc2ccccc2C1(C)C. The van der Waals surface area contributed by atoms with Crippen molar-refractivity contribution >= 4 is 11.8 Å². The van der Waals surface area contributed by atoms with Crippen LogP contribution in [-0.4, -0.2) is 0 Å². The zero-order valence-corrected chi connectivity index (χ0v) is 11.2. The smallest absolute Gasteiger partial charge is 0.0165 e. The molecule has 0 aliphatic carbocycles. The maximum absolute atomic E-state index is 2.31. The van der Waals surface area contributed by atoms with Crippen molar-refractivity contribution in [3.8, 4) is 0 Å². The summed E-state index contributed by atoms with van der Waals surface area (Å²) in [6.45, 7) is 8.87. The van der Waals surface area contributed by atoms with Crippen molar-refractivity contribution in [2.75, 3.05) is 0 Å². The van der Waals surface area contributed by atoms with Gasteiger partial charge < -0.3 is 0 Å². The molecule has 0 amide bonds. The Morgan fingerprint density at radius 1 is 1.06 bits per heavy atom. The van der Waals surface area contributed by atoms with Crippen molar-refractivity contribution in [1.82, 2.24) is 0 Å². The maximum Gasteiger partial charge on any atom is 0.0165 e. The van der Waals surface area contributed by atoms with Gasteiger partial charge in [-0.25, -0.2) is 0 Å². The van der Waals surface area contributed by atoms with Crippen LogP contribution in [0.3, 0.4) is 0 Å². The molecule has 0 radical (unpaired) electrons. The summed E-state index contributed by atoms with van der Waals surface area (Å²) in [5.41, 5.74) is 3.01. The third-order valence-corrected chi connectivity index (χ3v) is 4.52. The van der Waals surface area contributed by atoms with Gasteiger partial charge in [0, 0.05) is 15.2 Å². The minimum Gasteiger partial charge on any atom is -0.0898 e. The first kappa shape index (κ1) is 11.5. The number of rotatable bonds is 0. The molecule has 1 aromatic rings. The molecule has 0 N–H and O–H groups in total. The number of allylic oxidation sites excluding steroid dienone is 3. The van der Waals surface area contributed by atoms with Crippen LogP contribution in [0.4, 0.5) is 0 Å². The Hall–Kier alpha value is -0.950. The van der Waals surface area contributed by atoms with Crippen molar-refractivity contribution < 1.29 is 0 Å². The van der Waals surface area contributed by atoms with E-state index in [1.165, 1.54) is 20.9 Å². The van der Waals surface area contributed by atoms with Crippen LogP contribution in [0, 0.1) is 0 Å². The summed E-state index contributed by atoms with van der Waals surface area (Å²) in [7, 11) is 0. The molecular formula is C15H18S. The molecular weight excluding hydrogens is 212 g/mol. The third kappa shape index (κ3) is 1.63. The fraction of sp³-hybridized carbons (Fsp3) is 0.333. The molecule has 0 nitrogen and oxygen atoms in total. The second-order valence-corrected chi connectivity index (χ2v) is 5.66. The summed E-state index contributed by atoms with van der Waals surface area (Å²) in [6, 6.07) is 8.72. The molecule has 0 bridgehead atoms. The second-order valence-electron chi connectivity index (χ2n) is 4.58. The third-order valence-electron chi connectivity index (χ3n) is 3.27. The van der Waals surface area contributed by atoms with E-state index in [4.69, 9.17) is 0 Å². The van der Waals surface area contributed by atoms with Crippen LogP contribution in [0.25, 0.3) is 0 Å². The fourth-order valence-corrected chi connectivity index (χ4v) is 3.83. The van der Waals surface area contributed by atoms with Gasteiger partial charge in [-0.3, -0.25) is 0 Å². The Morgan fingerprint density at radius 3 is 2.38 bits per heavy atom. The van der Waals surface area contributed by atoms with E-state index in [1.807, 2.05) is 11.8 Å². The summed E-state index contributed by atoms with van der Waals surface area (Å²) in [5.74, 6) is 0. The van der Waals surface area contributed by atoms with Gasteiger partial charge in [-0.15, -0.1) is 0 Å². The summed E-state index contributed by atoms with van der Waals surface area (Å²) in [4.78, 5) is 2.79. The topological polar surface area (TPSA) is 0 Å². The molecule has 1 aliphatic heterocycles. The molecule has 16 heavy (non-hydrogen) atoms. The maximum atomic E-state index is 2.31. The second kappa shape index (κ2) is 4.14. The lowest BCUT2D eigenvalue weighted by Gasteiger charge is -2.36. The number of hydrogen-bond acceptors (Lipinski definition) is 1. The summed E-state index contributed by atoms with van der Waals surface area (Å²) >= 11 is 1.88. The monoisotopic (exact) mass is 230 g/mol. The van der Waals surface area contributed by atoms with Gasteiger partial charge in [0.05, 0.1) is 0 Å². The minimum absolute atomic E-state index is 0.123. The molecule has 0 unspecified atom stereocenters. The molecule has 1 heterocycles. The normalized spacial score (nSPS) is 23.5. The number of fused-ring (bicyclic) bond motifs is 1. The van der Waals surface area contributed by atoms with E-state index in [0.29, 0.717) is 0 Å². The summed E-state index contributed by atoms with van der Waals surface area (Å²) in [6.07, 6.45) is 4.47. The van der Waals surface area contributed by atoms with Gasteiger partial charge in [-0.2, -0.15) is 0 Å². The van der Waals surface area contributed by atoms with Crippen LogP contribution in [0.1, 0.15) is 33.3 Å². The van der Waals surface area contributed by atoms with Gasteiger partial charge in [-0.1, -0.05) is 56.0 Å². The van der Waals surface area contributed by atoms with Crippen LogP contribution < -0.4 is 0 Å². The van der Waals surface area contributed by atoms with E-state index in [-0.39, 0.29) is 5.41 Å². The molecule has 0 saturated carbocycles. The first-order valence-corrected chi connectivity index (χ1v) is 6.53. The highest BCUT2D eigenvalue weighted by Gasteiger charge is 2.33.